The summed E-state index contributed by atoms with van der Waals surface area (Å²) < 4.78 is 12.0. The van der Waals surface area contributed by atoms with Gasteiger partial charge in [0.05, 0.1) is 13.2 Å². The summed E-state index contributed by atoms with van der Waals surface area (Å²) in [6, 6.07) is 5.99. The number of halogens is 1. The van der Waals surface area contributed by atoms with Crippen LogP contribution in [0.25, 0.3) is 0 Å². The highest BCUT2D eigenvalue weighted by Crippen LogP contribution is 2.23. The van der Waals surface area contributed by atoms with E-state index < -0.39 is 0 Å². The number of hydrogen-bond donors (Lipinski definition) is 1. The van der Waals surface area contributed by atoms with E-state index in [4.69, 9.17) is 15.9 Å². The van der Waals surface area contributed by atoms with Gasteiger partial charge in [-0.3, -0.25) is 4.90 Å². The smallest absolute Gasteiger partial charge is 0.148 e. The Kier molecular flexibility index (Phi) is 7.75. The molecular weight excluding hydrogens is 344 g/mol. The first kappa shape index (κ1) is 17.3. The second-order valence-corrected chi connectivity index (χ2v) is 6.14. The number of ether oxygens (including phenoxy) is 2. The molecule has 5 heteroatoms. The van der Waals surface area contributed by atoms with Gasteiger partial charge in [0, 0.05) is 29.7 Å². The molecule has 1 fully saturated rings. The van der Waals surface area contributed by atoms with E-state index in [0.29, 0.717) is 6.61 Å². The molecule has 0 spiro atoms. The molecule has 1 N–H and O–H groups in total. The summed E-state index contributed by atoms with van der Waals surface area (Å²) in [5.41, 5.74) is 1.12. The number of benzene rings is 1. The van der Waals surface area contributed by atoms with E-state index in [2.05, 4.69) is 38.1 Å². The quantitative estimate of drug-likeness (QED) is 0.565. The molecule has 1 saturated heterocycles. The number of rotatable bonds is 8. The lowest BCUT2D eigenvalue weighted by Crippen LogP contribution is -2.37. The zero-order valence-electron chi connectivity index (χ0n) is 12.8. The summed E-state index contributed by atoms with van der Waals surface area (Å²) in [4.78, 5) is 2.45. The molecule has 4 nitrogen and oxygen atoms in total. The van der Waals surface area contributed by atoms with E-state index in [0.717, 1.165) is 68.1 Å². The molecule has 1 aromatic carbocycles. The van der Waals surface area contributed by atoms with Gasteiger partial charge in [-0.25, -0.2) is 0 Å². The molecular formula is C17H23BrN2O2. The van der Waals surface area contributed by atoms with Crippen molar-refractivity contribution in [3.63, 3.8) is 0 Å². The number of nitrogens with one attached hydrogen (secondary N) is 1. The third-order valence-electron chi connectivity index (χ3n) is 3.58. The minimum Gasteiger partial charge on any atom is -0.481 e. The van der Waals surface area contributed by atoms with Crippen molar-refractivity contribution >= 4 is 15.9 Å². The fourth-order valence-corrected chi connectivity index (χ4v) is 2.83. The Morgan fingerprint density at radius 3 is 2.95 bits per heavy atom. The lowest BCUT2D eigenvalue weighted by molar-refractivity contribution is 0.0374. The van der Waals surface area contributed by atoms with Crippen LogP contribution in [0.4, 0.5) is 0 Å². The van der Waals surface area contributed by atoms with E-state index in [1.54, 1.807) is 0 Å². The van der Waals surface area contributed by atoms with Gasteiger partial charge >= 0.3 is 0 Å². The van der Waals surface area contributed by atoms with Crippen molar-refractivity contribution in [3.8, 4) is 18.1 Å². The summed E-state index contributed by atoms with van der Waals surface area (Å²) >= 11 is 3.50. The van der Waals surface area contributed by atoms with Crippen LogP contribution in [0.1, 0.15) is 12.0 Å². The number of hydrogen-bond acceptors (Lipinski definition) is 4. The van der Waals surface area contributed by atoms with Crippen molar-refractivity contribution in [2.75, 3.05) is 46.0 Å². The van der Waals surface area contributed by atoms with Crippen LogP contribution < -0.4 is 10.1 Å². The topological polar surface area (TPSA) is 33.7 Å². The molecule has 0 aliphatic carbocycles. The van der Waals surface area contributed by atoms with Crippen LogP contribution >= 0.6 is 15.9 Å². The molecule has 2 rings (SSSR count). The summed E-state index contributed by atoms with van der Waals surface area (Å²) in [6.45, 7) is 7.01. The van der Waals surface area contributed by atoms with Gasteiger partial charge in [0.25, 0.3) is 0 Å². The summed E-state index contributed by atoms with van der Waals surface area (Å²) in [6.07, 6.45) is 6.39. The second kappa shape index (κ2) is 9.86. The fourth-order valence-electron chi connectivity index (χ4n) is 2.42. The van der Waals surface area contributed by atoms with Crippen molar-refractivity contribution in [3.05, 3.63) is 28.2 Å². The van der Waals surface area contributed by atoms with E-state index in [9.17, 15) is 0 Å². The third-order valence-corrected chi connectivity index (χ3v) is 4.07. The Bertz CT molecular complexity index is 496. The number of nitrogens with zero attached hydrogens (tertiary/aromatic N) is 1. The number of morpholine rings is 1. The highest BCUT2D eigenvalue weighted by atomic mass is 79.9. The van der Waals surface area contributed by atoms with Crippen LogP contribution in [-0.4, -0.2) is 50.9 Å². The Morgan fingerprint density at radius 1 is 1.36 bits per heavy atom. The van der Waals surface area contributed by atoms with Crippen LogP contribution in [0.3, 0.4) is 0 Å². The van der Waals surface area contributed by atoms with Crippen molar-refractivity contribution in [2.45, 2.75) is 13.0 Å². The highest BCUT2D eigenvalue weighted by molar-refractivity contribution is 9.10. The molecule has 0 radical (unpaired) electrons. The predicted molar refractivity (Wildman–Crippen MR) is 92.1 cm³/mol. The molecule has 120 valence electrons. The zero-order chi connectivity index (χ0) is 15.6. The van der Waals surface area contributed by atoms with E-state index in [1.165, 1.54) is 0 Å². The van der Waals surface area contributed by atoms with Crippen LogP contribution in [0.5, 0.6) is 5.75 Å². The molecule has 22 heavy (non-hydrogen) atoms. The van der Waals surface area contributed by atoms with Crippen molar-refractivity contribution in [2.24, 2.45) is 0 Å². The SMILES string of the molecule is C#CCOc1ccc(Br)cc1CNCCCN1CCOCC1. The summed E-state index contributed by atoms with van der Waals surface area (Å²) in [5, 5.41) is 3.47. The maximum absolute atomic E-state index is 5.57. The molecule has 0 amide bonds. The fraction of sp³-hybridized carbons (Fsp3) is 0.529. The average molecular weight is 367 g/mol. The number of terminal acetylenes is 1. The molecule has 1 aromatic rings. The average Bonchev–Trinajstić information content (AvgIpc) is 2.55. The van der Waals surface area contributed by atoms with Crippen LogP contribution in [0.15, 0.2) is 22.7 Å². The standard InChI is InChI=1S/C17H23BrN2O2/c1-2-10-22-17-5-4-16(18)13-15(17)14-19-6-3-7-20-8-11-21-12-9-20/h1,4-5,13,19H,3,6-12,14H2. The van der Waals surface area contributed by atoms with E-state index >= 15 is 0 Å². The monoisotopic (exact) mass is 366 g/mol. The van der Waals surface area contributed by atoms with Crippen LogP contribution in [0, 0.1) is 12.3 Å². The Morgan fingerprint density at radius 2 is 2.18 bits per heavy atom. The minimum absolute atomic E-state index is 0.297. The molecule has 0 unspecified atom stereocenters. The molecule has 0 bridgehead atoms. The molecule has 1 aliphatic rings. The highest BCUT2D eigenvalue weighted by Gasteiger charge is 2.09. The second-order valence-electron chi connectivity index (χ2n) is 5.23. The third kappa shape index (κ3) is 5.98. The lowest BCUT2D eigenvalue weighted by Gasteiger charge is -2.26. The summed E-state index contributed by atoms with van der Waals surface area (Å²) in [7, 11) is 0. The molecule has 0 aromatic heterocycles. The first-order valence-corrected chi connectivity index (χ1v) is 8.44. The molecule has 1 aliphatic heterocycles. The van der Waals surface area contributed by atoms with Crippen molar-refractivity contribution in [1.29, 1.82) is 0 Å². The zero-order valence-corrected chi connectivity index (χ0v) is 14.4. The largest absolute Gasteiger partial charge is 0.481 e. The van der Waals surface area contributed by atoms with Gasteiger partial charge in [0.15, 0.2) is 0 Å². The maximum atomic E-state index is 5.57. The van der Waals surface area contributed by atoms with Crippen LogP contribution in [0.2, 0.25) is 0 Å². The first-order valence-electron chi connectivity index (χ1n) is 7.65. The van der Waals surface area contributed by atoms with Crippen molar-refractivity contribution < 1.29 is 9.47 Å². The molecule has 1 heterocycles. The first-order chi connectivity index (χ1) is 10.8. The Hall–Kier alpha value is -1.06. The Balaban J connectivity index is 1.71. The van der Waals surface area contributed by atoms with E-state index in [1.807, 2.05) is 12.1 Å². The summed E-state index contributed by atoms with van der Waals surface area (Å²) in [5.74, 6) is 3.35. The Labute approximate surface area is 141 Å². The predicted octanol–water partition coefficient (Wildman–Crippen LogP) is 2.27. The van der Waals surface area contributed by atoms with Gasteiger partial charge in [-0.2, -0.15) is 0 Å². The lowest BCUT2D eigenvalue weighted by atomic mass is 10.2. The molecule has 0 atom stereocenters. The van der Waals surface area contributed by atoms with Gasteiger partial charge in [-0.15, -0.1) is 6.42 Å². The minimum atomic E-state index is 0.297. The van der Waals surface area contributed by atoms with Gasteiger partial charge in [-0.05, 0) is 37.7 Å². The van der Waals surface area contributed by atoms with Gasteiger partial charge in [0.2, 0.25) is 0 Å². The van der Waals surface area contributed by atoms with Gasteiger partial charge in [-0.1, -0.05) is 21.9 Å². The normalized spacial score (nSPS) is 15.5. The van der Waals surface area contributed by atoms with E-state index in [-0.39, 0.29) is 0 Å². The molecule has 0 saturated carbocycles. The van der Waals surface area contributed by atoms with Gasteiger partial charge < -0.3 is 14.8 Å². The van der Waals surface area contributed by atoms with Crippen molar-refractivity contribution in [1.82, 2.24) is 10.2 Å². The maximum Gasteiger partial charge on any atom is 0.148 e. The van der Waals surface area contributed by atoms with Gasteiger partial charge in [0.1, 0.15) is 12.4 Å². The van der Waals surface area contributed by atoms with Crippen LogP contribution in [-0.2, 0) is 11.3 Å².